The number of rotatable bonds is 8. The van der Waals surface area contributed by atoms with Crippen LogP contribution >= 0.6 is 34.8 Å². The molecule has 0 saturated heterocycles. The standard InChI is InChI=1S/C19H18Cl3N3O4S/c1-3-8-23-19(27)12-6-4-5-7-16(12)24-18(26)11-25(30(2,28)29)17-10-14(21)13(20)9-15(17)22/h3-7,9-10H,1,8,11H2,2H3,(H,23,27)(H,24,26). The van der Waals surface area contributed by atoms with Gasteiger partial charge in [-0.25, -0.2) is 8.42 Å². The molecule has 0 aromatic heterocycles. The Morgan fingerprint density at radius 3 is 2.37 bits per heavy atom. The third-order valence-electron chi connectivity index (χ3n) is 3.80. The number of hydrogen-bond donors (Lipinski definition) is 2. The second kappa shape index (κ2) is 10.2. The summed E-state index contributed by atoms with van der Waals surface area (Å²) in [5.74, 6) is -1.11. The van der Waals surface area contributed by atoms with Crippen LogP contribution in [0.1, 0.15) is 10.4 Å². The lowest BCUT2D eigenvalue weighted by Crippen LogP contribution is -2.38. The van der Waals surface area contributed by atoms with Crippen molar-refractivity contribution in [3.63, 3.8) is 0 Å². The maximum Gasteiger partial charge on any atom is 0.253 e. The summed E-state index contributed by atoms with van der Waals surface area (Å²) in [7, 11) is -3.90. The van der Waals surface area contributed by atoms with Crippen molar-refractivity contribution in [3.05, 3.63) is 69.7 Å². The smallest absolute Gasteiger partial charge is 0.253 e. The Balaban J connectivity index is 2.30. The van der Waals surface area contributed by atoms with E-state index in [-0.39, 0.29) is 38.6 Å². The van der Waals surface area contributed by atoms with E-state index in [1.165, 1.54) is 30.3 Å². The molecule has 30 heavy (non-hydrogen) atoms. The van der Waals surface area contributed by atoms with E-state index in [0.29, 0.717) is 0 Å². The van der Waals surface area contributed by atoms with Gasteiger partial charge in [-0.15, -0.1) is 6.58 Å². The van der Waals surface area contributed by atoms with E-state index < -0.39 is 28.4 Å². The highest BCUT2D eigenvalue weighted by Crippen LogP contribution is 2.35. The topological polar surface area (TPSA) is 95.6 Å². The summed E-state index contributed by atoms with van der Waals surface area (Å²) in [6.07, 6.45) is 2.44. The lowest BCUT2D eigenvalue weighted by atomic mass is 10.1. The van der Waals surface area contributed by atoms with Gasteiger partial charge in [0.15, 0.2) is 0 Å². The molecule has 0 saturated carbocycles. The minimum absolute atomic E-state index is 0.000674. The molecule has 0 aliphatic heterocycles. The monoisotopic (exact) mass is 489 g/mol. The zero-order valence-electron chi connectivity index (χ0n) is 15.8. The number of carbonyl (C=O) groups excluding carboxylic acids is 2. The maximum absolute atomic E-state index is 12.6. The van der Waals surface area contributed by atoms with Crippen LogP contribution < -0.4 is 14.9 Å². The van der Waals surface area contributed by atoms with E-state index in [1.54, 1.807) is 12.1 Å². The minimum atomic E-state index is -3.90. The van der Waals surface area contributed by atoms with Crippen LogP contribution in [-0.4, -0.2) is 39.6 Å². The fourth-order valence-electron chi connectivity index (χ4n) is 2.45. The highest BCUT2D eigenvalue weighted by atomic mass is 35.5. The third kappa shape index (κ3) is 6.12. The van der Waals surface area contributed by atoms with Gasteiger partial charge in [-0.1, -0.05) is 53.0 Å². The molecule has 2 rings (SSSR count). The number of amides is 2. The predicted octanol–water partition coefficient (Wildman–Crippen LogP) is 3.97. The van der Waals surface area contributed by atoms with E-state index in [4.69, 9.17) is 34.8 Å². The Morgan fingerprint density at radius 1 is 1.10 bits per heavy atom. The molecule has 2 N–H and O–H groups in total. The van der Waals surface area contributed by atoms with E-state index in [2.05, 4.69) is 17.2 Å². The van der Waals surface area contributed by atoms with Crippen molar-refractivity contribution >= 4 is 68.0 Å². The summed E-state index contributed by atoms with van der Waals surface area (Å²) in [6, 6.07) is 8.87. The molecule has 11 heteroatoms. The summed E-state index contributed by atoms with van der Waals surface area (Å²) in [5.41, 5.74) is 0.435. The van der Waals surface area contributed by atoms with E-state index >= 15 is 0 Å². The largest absolute Gasteiger partial charge is 0.349 e. The van der Waals surface area contributed by atoms with Crippen molar-refractivity contribution in [2.45, 2.75) is 0 Å². The Labute approximate surface area is 189 Å². The van der Waals surface area contributed by atoms with Gasteiger partial charge in [0.25, 0.3) is 5.91 Å². The van der Waals surface area contributed by atoms with Crippen molar-refractivity contribution in [2.75, 3.05) is 29.0 Å². The van der Waals surface area contributed by atoms with Gasteiger partial charge < -0.3 is 10.6 Å². The van der Waals surface area contributed by atoms with E-state index in [9.17, 15) is 18.0 Å². The van der Waals surface area contributed by atoms with Crippen LogP contribution in [0.25, 0.3) is 0 Å². The molecule has 0 aliphatic carbocycles. The normalized spacial score (nSPS) is 10.9. The highest BCUT2D eigenvalue weighted by molar-refractivity contribution is 7.92. The maximum atomic E-state index is 12.6. The molecule has 0 bridgehead atoms. The number of benzene rings is 2. The highest BCUT2D eigenvalue weighted by Gasteiger charge is 2.25. The molecule has 0 radical (unpaired) electrons. The van der Waals surface area contributed by atoms with Crippen molar-refractivity contribution < 1.29 is 18.0 Å². The van der Waals surface area contributed by atoms with Crippen LogP contribution in [0.4, 0.5) is 11.4 Å². The molecule has 0 spiro atoms. The zero-order valence-corrected chi connectivity index (χ0v) is 18.9. The number of nitrogens with zero attached hydrogens (tertiary/aromatic N) is 1. The number of halogens is 3. The van der Waals surface area contributed by atoms with Gasteiger partial charge in [-0.2, -0.15) is 0 Å². The van der Waals surface area contributed by atoms with Gasteiger partial charge in [-0.05, 0) is 24.3 Å². The molecule has 0 atom stereocenters. The third-order valence-corrected chi connectivity index (χ3v) is 5.95. The molecule has 2 amide bonds. The second-order valence-electron chi connectivity index (χ2n) is 6.08. The quantitative estimate of drug-likeness (QED) is 0.432. The molecule has 7 nitrogen and oxygen atoms in total. The van der Waals surface area contributed by atoms with Gasteiger partial charge in [0.1, 0.15) is 6.54 Å². The van der Waals surface area contributed by atoms with Crippen LogP contribution in [0.5, 0.6) is 0 Å². The molecular formula is C19H18Cl3N3O4S. The zero-order chi connectivity index (χ0) is 22.5. The van der Waals surface area contributed by atoms with E-state index in [1.807, 2.05) is 0 Å². The number of sulfonamides is 1. The number of hydrogen-bond acceptors (Lipinski definition) is 4. The molecule has 160 valence electrons. The fourth-order valence-corrected chi connectivity index (χ4v) is 4.01. The van der Waals surface area contributed by atoms with Gasteiger partial charge in [0, 0.05) is 6.54 Å². The Bertz CT molecular complexity index is 1090. The van der Waals surface area contributed by atoms with Crippen LogP contribution in [0.15, 0.2) is 49.1 Å². The SMILES string of the molecule is C=CCNC(=O)c1ccccc1NC(=O)CN(c1cc(Cl)c(Cl)cc1Cl)S(C)(=O)=O. The van der Waals surface area contributed by atoms with Gasteiger partial charge in [-0.3, -0.25) is 13.9 Å². The summed E-state index contributed by atoms with van der Waals surface area (Å²) < 4.78 is 25.4. The number of anilines is 2. The number of nitrogens with one attached hydrogen (secondary N) is 2. The molecule has 2 aromatic carbocycles. The van der Waals surface area contributed by atoms with Crippen molar-refractivity contribution in [2.24, 2.45) is 0 Å². The molecule has 0 fully saturated rings. The second-order valence-corrected chi connectivity index (χ2v) is 9.21. The van der Waals surface area contributed by atoms with Gasteiger partial charge >= 0.3 is 0 Å². The number of para-hydroxylation sites is 1. The van der Waals surface area contributed by atoms with Crippen molar-refractivity contribution in [1.29, 1.82) is 0 Å². The van der Waals surface area contributed by atoms with Crippen LogP contribution in [-0.2, 0) is 14.8 Å². The predicted molar refractivity (Wildman–Crippen MR) is 121 cm³/mol. The molecular weight excluding hydrogens is 473 g/mol. The lowest BCUT2D eigenvalue weighted by molar-refractivity contribution is -0.114. The van der Waals surface area contributed by atoms with Crippen molar-refractivity contribution in [1.82, 2.24) is 5.32 Å². The lowest BCUT2D eigenvalue weighted by Gasteiger charge is -2.23. The Kier molecular flexibility index (Phi) is 8.14. The Hall–Kier alpha value is -2.26. The first-order valence-electron chi connectivity index (χ1n) is 8.44. The van der Waals surface area contributed by atoms with Gasteiger partial charge in [0.2, 0.25) is 15.9 Å². The molecule has 2 aromatic rings. The molecule has 0 heterocycles. The summed E-state index contributed by atoms with van der Waals surface area (Å²) >= 11 is 18.0. The minimum Gasteiger partial charge on any atom is -0.349 e. The van der Waals surface area contributed by atoms with Gasteiger partial charge in [0.05, 0.1) is 38.3 Å². The first kappa shape index (κ1) is 24.0. The first-order valence-corrected chi connectivity index (χ1v) is 11.4. The molecule has 0 aliphatic rings. The Morgan fingerprint density at radius 2 is 1.73 bits per heavy atom. The fraction of sp³-hybridized carbons (Fsp3) is 0.158. The summed E-state index contributed by atoms with van der Waals surface area (Å²) in [6.45, 7) is 3.18. The van der Waals surface area contributed by atoms with Crippen LogP contribution in [0.2, 0.25) is 15.1 Å². The van der Waals surface area contributed by atoms with E-state index in [0.717, 1.165) is 10.6 Å². The first-order chi connectivity index (χ1) is 14.0. The molecule has 0 unspecified atom stereocenters. The average molecular weight is 491 g/mol. The summed E-state index contributed by atoms with van der Waals surface area (Å²) in [4.78, 5) is 24.9. The van der Waals surface area contributed by atoms with Crippen LogP contribution in [0, 0.1) is 0 Å². The van der Waals surface area contributed by atoms with Crippen LogP contribution in [0.3, 0.4) is 0 Å². The number of carbonyl (C=O) groups is 2. The average Bonchev–Trinajstić information content (AvgIpc) is 2.67. The summed E-state index contributed by atoms with van der Waals surface area (Å²) in [5, 5.41) is 5.39. The van der Waals surface area contributed by atoms with Crippen molar-refractivity contribution in [3.8, 4) is 0 Å².